The maximum Gasteiger partial charge on any atom is 0.472 e. The van der Waals surface area contributed by atoms with Crippen LogP contribution in [-0.4, -0.2) is 96.7 Å². The van der Waals surface area contributed by atoms with Crippen molar-refractivity contribution in [2.24, 2.45) is 0 Å². The second-order valence-corrected chi connectivity index (χ2v) is 28.5. The molecule has 0 rings (SSSR count). The highest BCUT2D eigenvalue weighted by atomic mass is 31.2. The van der Waals surface area contributed by atoms with E-state index in [2.05, 4.69) is 101 Å². The Morgan fingerprint density at radius 2 is 0.510 bits per heavy atom. The highest BCUT2D eigenvalue weighted by Gasteiger charge is 2.30. The van der Waals surface area contributed by atoms with Crippen molar-refractivity contribution in [3.8, 4) is 0 Å². The number of esters is 4. The largest absolute Gasteiger partial charge is 0.472 e. The first kappa shape index (κ1) is 92.5. The molecule has 0 bridgehead atoms. The molecule has 3 N–H and O–H groups in total. The predicted octanol–water partition coefficient (Wildman–Crippen LogP) is 21.7. The molecule has 0 fully saturated rings. The van der Waals surface area contributed by atoms with E-state index in [-0.39, 0.29) is 25.7 Å². The lowest BCUT2D eigenvalue weighted by molar-refractivity contribution is -0.161. The van der Waals surface area contributed by atoms with Gasteiger partial charge in [0, 0.05) is 25.7 Å². The Balaban J connectivity index is 5.36. The van der Waals surface area contributed by atoms with Crippen LogP contribution in [0.3, 0.4) is 0 Å². The normalized spacial score (nSPS) is 14.4. The average molecular weight is 1400 g/mol. The van der Waals surface area contributed by atoms with Crippen LogP contribution >= 0.6 is 15.6 Å². The second kappa shape index (κ2) is 70.0. The van der Waals surface area contributed by atoms with E-state index >= 15 is 0 Å². The zero-order chi connectivity index (χ0) is 70.4. The zero-order valence-electron chi connectivity index (χ0n) is 60.8. The fourth-order valence-corrected chi connectivity index (χ4v) is 11.8. The zero-order valence-corrected chi connectivity index (χ0v) is 62.6. The quantitative estimate of drug-likeness (QED) is 0.0169. The van der Waals surface area contributed by atoms with Gasteiger partial charge in [-0.25, -0.2) is 9.13 Å². The van der Waals surface area contributed by atoms with Gasteiger partial charge in [0.05, 0.1) is 26.4 Å². The van der Waals surface area contributed by atoms with Gasteiger partial charge in [-0.15, -0.1) is 0 Å². The van der Waals surface area contributed by atoms with Gasteiger partial charge in [0.15, 0.2) is 12.2 Å². The summed E-state index contributed by atoms with van der Waals surface area (Å²) in [5, 5.41) is 10.6. The number of aliphatic hydroxyl groups excluding tert-OH is 1. The molecule has 0 aliphatic heterocycles. The van der Waals surface area contributed by atoms with Crippen molar-refractivity contribution in [1.29, 1.82) is 0 Å². The molecule has 0 heterocycles. The van der Waals surface area contributed by atoms with Gasteiger partial charge in [0.1, 0.15) is 19.3 Å². The number of rotatable bonds is 72. The van der Waals surface area contributed by atoms with E-state index in [1.807, 2.05) is 0 Å². The van der Waals surface area contributed by atoms with Crippen LogP contribution in [0.25, 0.3) is 0 Å². The molecule has 0 aromatic rings. The van der Waals surface area contributed by atoms with Gasteiger partial charge in [-0.3, -0.25) is 37.3 Å². The minimum absolute atomic E-state index is 0.0795. The van der Waals surface area contributed by atoms with Crippen molar-refractivity contribution >= 4 is 39.5 Å². The second-order valence-electron chi connectivity index (χ2n) is 25.6. The van der Waals surface area contributed by atoms with E-state index in [1.165, 1.54) is 89.9 Å². The number of hydrogen-bond donors (Lipinski definition) is 3. The molecule has 5 atom stereocenters. The summed E-state index contributed by atoms with van der Waals surface area (Å²) in [6, 6.07) is 0. The minimum Gasteiger partial charge on any atom is -0.462 e. The van der Waals surface area contributed by atoms with Crippen LogP contribution in [0.5, 0.6) is 0 Å². The maximum absolute atomic E-state index is 13.1. The van der Waals surface area contributed by atoms with Gasteiger partial charge in [0.2, 0.25) is 0 Å². The lowest BCUT2D eigenvalue weighted by Gasteiger charge is -2.21. The lowest BCUT2D eigenvalue weighted by atomic mass is 10.1. The van der Waals surface area contributed by atoms with Gasteiger partial charge in [-0.1, -0.05) is 242 Å². The summed E-state index contributed by atoms with van der Waals surface area (Å²) in [5.74, 6) is -2.20. The summed E-state index contributed by atoms with van der Waals surface area (Å²) in [5.41, 5.74) is 0. The van der Waals surface area contributed by atoms with Gasteiger partial charge in [0.25, 0.3) is 0 Å². The predicted molar refractivity (Wildman–Crippen MR) is 390 cm³/mol. The molecular weight excluding hydrogens is 1260 g/mol. The van der Waals surface area contributed by atoms with Crippen LogP contribution in [0.4, 0.5) is 0 Å². The minimum atomic E-state index is -4.97. The van der Waals surface area contributed by atoms with E-state index in [0.717, 1.165) is 167 Å². The van der Waals surface area contributed by atoms with E-state index in [1.54, 1.807) is 0 Å². The van der Waals surface area contributed by atoms with Crippen molar-refractivity contribution in [2.75, 3.05) is 39.6 Å². The van der Waals surface area contributed by atoms with Crippen molar-refractivity contribution in [2.45, 2.75) is 354 Å². The Bertz CT molecular complexity index is 2110. The third kappa shape index (κ3) is 69.0. The van der Waals surface area contributed by atoms with Gasteiger partial charge < -0.3 is 33.8 Å². The van der Waals surface area contributed by atoms with E-state index < -0.39 is 97.5 Å². The van der Waals surface area contributed by atoms with E-state index in [9.17, 15) is 43.2 Å². The number of unbranched alkanes of at least 4 members (excludes halogenated alkanes) is 34. The van der Waals surface area contributed by atoms with Crippen LogP contribution in [0.15, 0.2) is 72.9 Å². The first-order valence-electron chi connectivity index (χ1n) is 38.2. The molecule has 2 unspecified atom stereocenters. The van der Waals surface area contributed by atoms with Gasteiger partial charge in [-0.2, -0.15) is 0 Å². The Morgan fingerprint density at radius 3 is 0.802 bits per heavy atom. The summed E-state index contributed by atoms with van der Waals surface area (Å²) in [6.45, 7) is 4.77. The number of carbonyl (C=O) groups excluding carboxylic acids is 4. The fourth-order valence-electron chi connectivity index (χ4n) is 10.2. The van der Waals surface area contributed by atoms with Crippen LogP contribution in [-0.2, 0) is 65.4 Å². The molecule has 0 aliphatic carbocycles. The van der Waals surface area contributed by atoms with Crippen LogP contribution in [0.1, 0.15) is 336 Å². The SMILES string of the molecule is CCCCC/C=C\C/C=C\CCCCCCCC(=O)OC[C@H](COP(=O)(O)OC[C@@H](O)COP(=O)(O)OC[C@@H](COC(=O)CCCCCCC/C=C\CCCCCC)OC(=O)CCCCCCC/C=C\C/C=C\CCCCC)OC(=O)CCCCCCC/C=C\CCCCCC. The third-order valence-electron chi connectivity index (χ3n) is 16.1. The van der Waals surface area contributed by atoms with Crippen molar-refractivity contribution < 1.29 is 80.2 Å². The number of ether oxygens (including phenoxy) is 4. The Hall–Kier alpha value is -3.50. The number of allylic oxidation sites excluding steroid dienone is 12. The van der Waals surface area contributed by atoms with E-state index in [4.69, 9.17) is 37.0 Å². The first-order chi connectivity index (χ1) is 46.7. The Kier molecular flexibility index (Phi) is 67.4. The van der Waals surface area contributed by atoms with Crippen LogP contribution in [0, 0.1) is 0 Å². The molecule has 558 valence electrons. The molecule has 0 radical (unpaired) electrons. The molecule has 0 saturated carbocycles. The Labute approximate surface area is 583 Å². The highest BCUT2D eigenvalue weighted by Crippen LogP contribution is 2.45. The molecule has 0 aliphatic rings. The van der Waals surface area contributed by atoms with Crippen LogP contribution < -0.4 is 0 Å². The maximum atomic E-state index is 13.1. The molecule has 0 spiro atoms. The molecule has 17 nitrogen and oxygen atoms in total. The summed E-state index contributed by atoms with van der Waals surface area (Å²) in [7, 11) is -9.95. The fraction of sp³-hybridized carbons (Fsp3) is 0.792. The standard InChI is InChI=1S/C77H138O17P2/c1-5-9-13-17-21-25-29-33-35-39-42-46-50-54-58-62-75(80)88-68-72(93-76(81)63-59-55-51-47-43-38-32-28-24-20-16-12-8-4)69-91-95(83,84)89-65-71(78)66-90-96(85,86)92-70-73(67-87-74(79)61-57-53-49-45-41-37-31-27-23-19-15-11-7-3)94-77(82)64-60-56-52-48-44-40-36-34-30-26-22-18-14-10-6-2/h21-22,25-28,31-36,71-73,78H,5-20,23-24,29-30,37-70H2,1-4H3,(H,83,84)(H,85,86)/b25-21-,26-22-,31-27-,32-28-,35-33-,36-34-/t71-,72-,73-/m1/s1. The Morgan fingerprint density at radius 1 is 0.292 bits per heavy atom. The summed E-state index contributed by atoms with van der Waals surface area (Å²) in [6.07, 6.45) is 68.8. The highest BCUT2D eigenvalue weighted by molar-refractivity contribution is 7.47. The number of hydrogen-bond acceptors (Lipinski definition) is 15. The van der Waals surface area contributed by atoms with E-state index in [0.29, 0.717) is 25.7 Å². The smallest absolute Gasteiger partial charge is 0.462 e. The van der Waals surface area contributed by atoms with Gasteiger partial charge >= 0.3 is 39.5 Å². The molecule has 0 aromatic heterocycles. The van der Waals surface area contributed by atoms with Crippen molar-refractivity contribution in [1.82, 2.24) is 0 Å². The summed E-state index contributed by atoms with van der Waals surface area (Å²) >= 11 is 0. The summed E-state index contributed by atoms with van der Waals surface area (Å²) in [4.78, 5) is 72.8. The number of phosphoric ester groups is 2. The molecular formula is C77H138O17P2. The topological polar surface area (TPSA) is 237 Å². The first-order valence-corrected chi connectivity index (χ1v) is 41.2. The third-order valence-corrected chi connectivity index (χ3v) is 18.0. The number of carbonyl (C=O) groups is 4. The van der Waals surface area contributed by atoms with Crippen LogP contribution in [0.2, 0.25) is 0 Å². The average Bonchev–Trinajstić information content (AvgIpc) is 1.17. The number of aliphatic hydroxyl groups is 1. The molecule has 19 heteroatoms. The van der Waals surface area contributed by atoms with Crippen molar-refractivity contribution in [3.05, 3.63) is 72.9 Å². The molecule has 0 aromatic carbocycles. The van der Waals surface area contributed by atoms with Crippen molar-refractivity contribution in [3.63, 3.8) is 0 Å². The molecule has 0 amide bonds. The molecule has 96 heavy (non-hydrogen) atoms. The molecule has 0 saturated heterocycles. The summed E-state index contributed by atoms with van der Waals surface area (Å²) < 4.78 is 68.4. The number of phosphoric acid groups is 2. The lowest BCUT2D eigenvalue weighted by Crippen LogP contribution is -2.30. The monoisotopic (exact) mass is 1400 g/mol. The van der Waals surface area contributed by atoms with Gasteiger partial charge in [-0.05, 0) is 141 Å².